The Morgan fingerprint density at radius 2 is 1.60 bits per heavy atom. The van der Waals surface area contributed by atoms with Gasteiger partial charge in [0.2, 0.25) is 0 Å². The number of ether oxygens (including phenoxy) is 2. The van der Waals surface area contributed by atoms with Crippen molar-refractivity contribution in [1.82, 2.24) is 0 Å². The average Bonchev–Trinajstić information content (AvgIpc) is 2.64. The van der Waals surface area contributed by atoms with E-state index in [2.05, 4.69) is 0 Å². The molecule has 1 aliphatic rings. The number of rotatable bonds is 3. The molecule has 6 heteroatoms. The van der Waals surface area contributed by atoms with Crippen molar-refractivity contribution >= 4 is 18.6 Å². The average molecular weight is 348 g/mol. The number of esters is 1. The van der Waals surface area contributed by atoms with Gasteiger partial charge in [-0.1, -0.05) is 6.07 Å². The highest BCUT2D eigenvalue weighted by molar-refractivity contribution is 6.62. The first-order valence-corrected chi connectivity index (χ1v) is 8.55. The van der Waals surface area contributed by atoms with Crippen LogP contribution in [-0.4, -0.2) is 37.0 Å². The van der Waals surface area contributed by atoms with Gasteiger partial charge in [0.05, 0.1) is 18.3 Å². The van der Waals surface area contributed by atoms with E-state index in [1.54, 1.807) is 6.07 Å². The number of aryl methyl sites for hydroxylation is 1. The molecule has 0 radical (unpaired) electrons. The van der Waals surface area contributed by atoms with Crippen molar-refractivity contribution in [2.24, 2.45) is 0 Å². The fraction of sp³-hybridized carbons (Fsp3) is 0.632. The third-order valence-corrected chi connectivity index (χ3v) is 4.67. The van der Waals surface area contributed by atoms with Gasteiger partial charge in [0.15, 0.2) is 0 Å². The quantitative estimate of drug-likeness (QED) is 0.620. The van der Waals surface area contributed by atoms with Crippen LogP contribution in [0, 0.1) is 6.92 Å². The minimum absolute atomic E-state index is 0.401. The van der Waals surface area contributed by atoms with Gasteiger partial charge in [0.1, 0.15) is 16.9 Å². The molecule has 0 unspecified atom stereocenters. The molecule has 5 nitrogen and oxygen atoms in total. The molecular formula is C19H29BO5. The molecule has 0 atom stereocenters. The molecule has 1 fully saturated rings. The van der Waals surface area contributed by atoms with E-state index < -0.39 is 29.9 Å². The van der Waals surface area contributed by atoms with E-state index in [1.807, 2.05) is 61.5 Å². The van der Waals surface area contributed by atoms with Gasteiger partial charge in [-0.3, -0.25) is 0 Å². The predicted molar refractivity (Wildman–Crippen MR) is 98.6 cm³/mol. The summed E-state index contributed by atoms with van der Waals surface area (Å²) < 4.78 is 23.1. The Morgan fingerprint density at radius 3 is 2.04 bits per heavy atom. The van der Waals surface area contributed by atoms with Crippen molar-refractivity contribution in [3.05, 3.63) is 23.3 Å². The van der Waals surface area contributed by atoms with Crippen molar-refractivity contribution in [2.45, 2.75) is 72.2 Å². The van der Waals surface area contributed by atoms with E-state index in [9.17, 15) is 4.79 Å². The van der Waals surface area contributed by atoms with Crippen LogP contribution in [0.1, 0.15) is 64.4 Å². The molecule has 1 aromatic carbocycles. The highest BCUT2D eigenvalue weighted by Gasteiger charge is 2.52. The zero-order chi connectivity index (χ0) is 19.2. The lowest BCUT2D eigenvalue weighted by Gasteiger charge is -2.32. The molecule has 2 rings (SSSR count). The number of hydrogen-bond donors (Lipinski definition) is 0. The zero-order valence-corrected chi connectivity index (χ0v) is 16.8. The SMILES string of the molecule is COc1cc(B2OC(C)(C)C(C)(C)O2)cc(C)c1C(=O)OC(C)(C)C. The molecule has 138 valence electrons. The van der Waals surface area contributed by atoms with Gasteiger partial charge < -0.3 is 18.8 Å². The maximum absolute atomic E-state index is 12.5. The minimum Gasteiger partial charge on any atom is -0.496 e. The summed E-state index contributed by atoms with van der Waals surface area (Å²) in [5.41, 5.74) is 0.584. The van der Waals surface area contributed by atoms with Crippen molar-refractivity contribution in [1.29, 1.82) is 0 Å². The van der Waals surface area contributed by atoms with Crippen molar-refractivity contribution in [2.75, 3.05) is 7.11 Å². The van der Waals surface area contributed by atoms with Gasteiger partial charge in [-0.15, -0.1) is 0 Å². The Morgan fingerprint density at radius 1 is 1.08 bits per heavy atom. The molecule has 1 heterocycles. The van der Waals surface area contributed by atoms with Crippen LogP contribution in [0.25, 0.3) is 0 Å². The summed E-state index contributed by atoms with van der Waals surface area (Å²) in [5, 5.41) is 0. The van der Waals surface area contributed by atoms with Gasteiger partial charge >= 0.3 is 13.1 Å². The second kappa shape index (κ2) is 6.33. The first-order chi connectivity index (χ1) is 11.3. The van der Waals surface area contributed by atoms with E-state index in [1.165, 1.54) is 7.11 Å². The van der Waals surface area contributed by atoms with Gasteiger partial charge in [-0.05, 0) is 72.5 Å². The standard InChI is InChI=1S/C19H29BO5/c1-12-10-13(20-24-18(5,6)19(7,8)25-20)11-14(22-9)15(12)16(21)23-17(2,3)4/h10-11H,1-9H3. The van der Waals surface area contributed by atoms with Gasteiger partial charge in [-0.2, -0.15) is 0 Å². The largest absolute Gasteiger partial charge is 0.496 e. The number of hydrogen-bond acceptors (Lipinski definition) is 5. The summed E-state index contributed by atoms with van der Waals surface area (Å²) in [5.74, 6) is 0.0567. The highest BCUT2D eigenvalue weighted by atomic mass is 16.7. The maximum Gasteiger partial charge on any atom is 0.494 e. The molecule has 0 bridgehead atoms. The summed E-state index contributed by atoms with van der Waals surface area (Å²) in [6.45, 7) is 15.4. The zero-order valence-electron chi connectivity index (χ0n) is 16.8. The molecule has 0 aromatic heterocycles. The number of carbonyl (C=O) groups is 1. The van der Waals surface area contributed by atoms with Crippen LogP contribution in [0.15, 0.2) is 12.1 Å². The number of methoxy groups -OCH3 is 1. The van der Waals surface area contributed by atoms with Crippen LogP contribution in [0.3, 0.4) is 0 Å². The lowest BCUT2D eigenvalue weighted by Crippen LogP contribution is -2.41. The molecule has 0 amide bonds. The Kier molecular flexibility index (Phi) is 5.01. The van der Waals surface area contributed by atoms with Gasteiger partial charge in [0.25, 0.3) is 0 Å². The van der Waals surface area contributed by atoms with Crippen LogP contribution in [0.4, 0.5) is 0 Å². The Balaban J connectivity index is 2.39. The second-order valence-corrected chi connectivity index (χ2v) is 8.51. The van der Waals surface area contributed by atoms with E-state index >= 15 is 0 Å². The Labute approximate surface area is 151 Å². The van der Waals surface area contributed by atoms with E-state index in [-0.39, 0.29) is 0 Å². The Hall–Kier alpha value is -1.53. The molecule has 0 aliphatic carbocycles. The fourth-order valence-corrected chi connectivity index (χ4v) is 2.65. The molecule has 25 heavy (non-hydrogen) atoms. The first kappa shape index (κ1) is 19.8. The predicted octanol–water partition coefficient (Wildman–Crippen LogP) is 3.26. The van der Waals surface area contributed by atoms with Crippen molar-refractivity contribution in [3.63, 3.8) is 0 Å². The summed E-state index contributed by atoms with van der Waals surface area (Å²) in [6.07, 6.45) is 0. The smallest absolute Gasteiger partial charge is 0.494 e. The van der Waals surface area contributed by atoms with Crippen LogP contribution in [0.5, 0.6) is 5.75 Å². The van der Waals surface area contributed by atoms with Crippen LogP contribution < -0.4 is 10.2 Å². The number of benzene rings is 1. The van der Waals surface area contributed by atoms with Crippen LogP contribution in [0.2, 0.25) is 0 Å². The van der Waals surface area contributed by atoms with E-state index in [0.717, 1.165) is 11.0 Å². The first-order valence-electron chi connectivity index (χ1n) is 8.55. The van der Waals surface area contributed by atoms with E-state index in [0.29, 0.717) is 11.3 Å². The topological polar surface area (TPSA) is 54.0 Å². The summed E-state index contributed by atoms with van der Waals surface area (Å²) in [4.78, 5) is 12.5. The molecule has 1 aromatic rings. The number of carbonyl (C=O) groups excluding carboxylic acids is 1. The maximum atomic E-state index is 12.5. The normalized spacial score (nSPS) is 19.0. The fourth-order valence-electron chi connectivity index (χ4n) is 2.65. The third kappa shape index (κ3) is 4.01. The summed E-state index contributed by atoms with van der Waals surface area (Å²) in [6, 6.07) is 3.68. The molecule has 1 saturated heterocycles. The monoisotopic (exact) mass is 348 g/mol. The van der Waals surface area contributed by atoms with E-state index in [4.69, 9.17) is 18.8 Å². The molecular weight excluding hydrogens is 319 g/mol. The van der Waals surface area contributed by atoms with Crippen LogP contribution >= 0.6 is 0 Å². The van der Waals surface area contributed by atoms with Crippen molar-refractivity contribution in [3.8, 4) is 5.75 Å². The second-order valence-electron chi connectivity index (χ2n) is 8.51. The lowest BCUT2D eigenvalue weighted by atomic mass is 9.77. The Bertz CT molecular complexity index is 657. The molecule has 0 spiro atoms. The van der Waals surface area contributed by atoms with Gasteiger partial charge in [-0.25, -0.2) is 4.79 Å². The summed E-state index contributed by atoms with van der Waals surface area (Å²) >= 11 is 0. The molecule has 0 N–H and O–H groups in total. The van der Waals surface area contributed by atoms with Crippen molar-refractivity contribution < 1.29 is 23.6 Å². The summed E-state index contributed by atoms with van der Waals surface area (Å²) in [7, 11) is 1.03. The molecule has 0 saturated carbocycles. The minimum atomic E-state index is -0.571. The van der Waals surface area contributed by atoms with Gasteiger partial charge in [0, 0.05) is 0 Å². The van der Waals surface area contributed by atoms with Crippen LogP contribution in [-0.2, 0) is 14.0 Å². The highest BCUT2D eigenvalue weighted by Crippen LogP contribution is 2.37. The molecule has 1 aliphatic heterocycles. The third-order valence-electron chi connectivity index (χ3n) is 4.67. The lowest BCUT2D eigenvalue weighted by molar-refractivity contribution is 0.00578.